The molecule has 3 heteroatoms. The number of rotatable bonds is 2. The summed E-state index contributed by atoms with van der Waals surface area (Å²) in [7, 11) is 1.92. The third kappa shape index (κ3) is 1.70. The van der Waals surface area contributed by atoms with Gasteiger partial charge in [-0.1, -0.05) is 0 Å². The molecule has 1 radical (unpaired) electrons. The van der Waals surface area contributed by atoms with Gasteiger partial charge < -0.3 is 0 Å². The molecule has 1 saturated heterocycles. The maximum Gasteiger partial charge on any atom is 0.480 e. The van der Waals surface area contributed by atoms with Crippen LogP contribution in [-0.2, 0) is 9.63 Å². The number of hydroxylamine groups is 3. The lowest BCUT2D eigenvalue weighted by Crippen LogP contribution is -2.47. The van der Waals surface area contributed by atoms with Gasteiger partial charge in [0, 0.05) is 12.8 Å². The van der Waals surface area contributed by atoms with Crippen molar-refractivity contribution in [1.82, 2.24) is 0 Å². The Balaban J connectivity index is 2.39. The van der Waals surface area contributed by atoms with Gasteiger partial charge in [0.1, 0.15) is 20.1 Å². The molecule has 0 atom stereocenters. The van der Waals surface area contributed by atoms with Crippen molar-refractivity contribution < 1.29 is 14.3 Å². The van der Waals surface area contributed by atoms with E-state index in [-0.39, 0.29) is 0 Å². The average molecular weight is 143 g/mol. The highest BCUT2D eigenvalue weighted by Gasteiger charge is 2.27. The van der Waals surface area contributed by atoms with Crippen LogP contribution in [0.2, 0.25) is 0 Å². The van der Waals surface area contributed by atoms with Crippen molar-refractivity contribution in [3.8, 4) is 0 Å². The van der Waals surface area contributed by atoms with E-state index in [2.05, 4.69) is 0 Å². The van der Waals surface area contributed by atoms with Crippen LogP contribution in [0.3, 0.4) is 0 Å². The molecule has 1 heterocycles. The van der Waals surface area contributed by atoms with Crippen LogP contribution in [0.15, 0.2) is 0 Å². The molecule has 57 valence electrons. The minimum atomic E-state index is 0.420. The zero-order valence-corrected chi connectivity index (χ0v) is 6.30. The van der Waals surface area contributed by atoms with Crippen LogP contribution >= 0.6 is 0 Å². The van der Waals surface area contributed by atoms with E-state index in [4.69, 9.17) is 4.84 Å². The summed E-state index contributed by atoms with van der Waals surface area (Å²) < 4.78 is 0.420. The van der Waals surface area contributed by atoms with Gasteiger partial charge in [-0.2, -0.15) is 0 Å². The van der Waals surface area contributed by atoms with Gasteiger partial charge in [0.05, 0.1) is 0 Å². The SMILES string of the molecule is C[N+]1(O[C]=O)CCCCC1. The highest BCUT2D eigenvalue weighted by atomic mass is 16.7. The Morgan fingerprint density at radius 3 is 2.40 bits per heavy atom. The third-order valence-electron chi connectivity index (χ3n) is 2.02. The lowest BCUT2D eigenvalue weighted by molar-refractivity contribution is -1.07. The van der Waals surface area contributed by atoms with Crippen molar-refractivity contribution in [2.45, 2.75) is 19.3 Å². The van der Waals surface area contributed by atoms with E-state index in [9.17, 15) is 4.79 Å². The van der Waals surface area contributed by atoms with Gasteiger partial charge in [0.25, 0.3) is 0 Å². The number of piperidine rings is 1. The predicted octanol–water partition coefficient (Wildman–Crippen LogP) is 0.616. The second-order valence-electron chi connectivity index (χ2n) is 2.98. The van der Waals surface area contributed by atoms with Gasteiger partial charge in [-0.25, -0.2) is 4.79 Å². The van der Waals surface area contributed by atoms with Crippen molar-refractivity contribution in [2.75, 3.05) is 20.1 Å². The van der Waals surface area contributed by atoms with E-state index < -0.39 is 0 Å². The van der Waals surface area contributed by atoms with Gasteiger partial charge in [-0.05, 0) is 6.42 Å². The molecule has 0 spiro atoms. The maximum atomic E-state index is 9.92. The van der Waals surface area contributed by atoms with Gasteiger partial charge in [0.15, 0.2) is 0 Å². The minimum absolute atomic E-state index is 0.420. The van der Waals surface area contributed by atoms with E-state index in [1.165, 1.54) is 12.9 Å². The van der Waals surface area contributed by atoms with Crippen LogP contribution < -0.4 is 0 Å². The van der Waals surface area contributed by atoms with Crippen LogP contribution in [0.1, 0.15) is 19.3 Å². The lowest BCUT2D eigenvalue weighted by atomic mass is 10.1. The van der Waals surface area contributed by atoms with Crippen LogP contribution in [-0.4, -0.2) is 31.3 Å². The van der Waals surface area contributed by atoms with E-state index in [1.807, 2.05) is 7.05 Å². The summed E-state index contributed by atoms with van der Waals surface area (Å²) in [5, 5.41) is 0. The Kier molecular flexibility index (Phi) is 2.27. The molecule has 10 heavy (non-hydrogen) atoms. The number of quaternary nitrogens is 1. The second-order valence-corrected chi connectivity index (χ2v) is 2.98. The van der Waals surface area contributed by atoms with Crippen LogP contribution in [0, 0.1) is 0 Å². The summed E-state index contributed by atoms with van der Waals surface area (Å²) in [6.07, 6.45) is 3.56. The number of likely N-dealkylation sites (tertiary alicyclic amines) is 1. The van der Waals surface area contributed by atoms with Crippen molar-refractivity contribution in [3.05, 3.63) is 0 Å². The molecule has 0 aromatic carbocycles. The molecule has 0 N–H and O–H groups in total. The number of carbonyl (C=O) groups excluding carboxylic acids is 1. The number of hydrogen-bond acceptors (Lipinski definition) is 2. The van der Waals surface area contributed by atoms with Crippen LogP contribution in [0.5, 0.6) is 0 Å². The highest BCUT2D eigenvalue weighted by molar-refractivity contribution is 5.36. The van der Waals surface area contributed by atoms with Crippen molar-refractivity contribution in [3.63, 3.8) is 0 Å². The Hall–Kier alpha value is -0.570. The quantitative estimate of drug-likeness (QED) is 0.529. The van der Waals surface area contributed by atoms with Crippen molar-refractivity contribution in [1.29, 1.82) is 0 Å². The van der Waals surface area contributed by atoms with E-state index in [0.29, 0.717) is 4.65 Å². The monoisotopic (exact) mass is 143 g/mol. The summed E-state index contributed by atoms with van der Waals surface area (Å²) in [6, 6.07) is 0. The molecular weight excluding hydrogens is 130 g/mol. The molecule has 0 aliphatic carbocycles. The molecule has 0 aromatic rings. The lowest BCUT2D eigenvalue weighted by Gasteiger charge is -2.31. The molecule has 0 aromatic heterocycles. The fourth-order valence-corrected chi connectivity index (χ4v) is 1.36. The molecule has 0 unspecified atom stereocenters. The Bertz CT molecular complexity index is 119. The highest BCUT2D eigenvalue weighted by Crippen LogP contribution is 2.15. The number of nitrogens with zero attached hydrogens (tertiary/aromatic N) is 1. The van der Waals surface area contributed by atoms with Crippen molar-refractivity contribution in [2.24, 2.45) is 0 Å². The smallest absolute Gasteiger partial charge is 0.264 e. The van der Waals surface area contributed by atoms with E-state index in [0.717, 1.165) is 25.9 Å². The normalized spacial score (nSPS) is 23.7. The zero-order valence-electron chi connectivity index (χ0n) is 6.30. The Morgan fingerprint density at radius 2 is 1.90 bits per heavy atom. The summed E-state index contributed by atoms with van der Waals surface area (Å²) in [5.74, 6) is 0. The molecule has 1 aliphatic heterocycles. The summed E-state index contributed by atoms with van der Waals surface area (Å²) in [4.78, 5) is 14.7. The third-order valence-corrected chi connectivity index (χ3v) is 2.02. The first-order chi connectivity index (χ1) is 4.77. The number of hydrogen-bond donors (Lipinski definition) is 0. The van der Waals surface area contributed by atoms with Gasteiger partial charge in [-0.3, -0.25) is 4.84 Å². The van der Waals surface area contributed by atoms with Gasteiger partial charge >= 0.3 is 6.47 Å². The van der Waals surface area contributed by atoms with E-state index >= 15 is 0 Å². The largest absolute Gasteiger partial charge is 0.480 e. The minimum Gasteiger partial charge on any atom is -0.264 e. The molecular formula is C7H13NO2+. The Morgan fingerprint density at radius 1 is 1.30 bits per heavy atom. The Labute approximate surface area is 61.1 Å². The molecule has 3 nitrogen and oxygen atoms in total. The first kappa shape index (κ1) is 7.54. The fourth-order valence-electron chi connectivity index (χ4n) is 1.36. The summed E-state index contributed by atoms with van der Waals surface area (Å²) in [6.45, 7) is 3.38. The maximum absolute atomic E-state index is 9.92. The molecule has 0 amide bonds. The van der Waals surface area contributed by atoms with Gasteiger partial charge in [-0.15, -0.1) is 4.65 Å². The first-order valence-corrected chi connectivity index (χ1v) is 3.67. The van der Waals surface area contributed by atoms with Crippen LogP contribution in [0.25, 0.3) is 0 Å². The van der Waals surface area contributed by atoms with Crippen LogP contribution in [0.4, 0.5) is 0 Å². The average Bonchev–Trinajstić information content (AvgIpc) is 1.89. The second kappa shape index (κ2) is 3.01. The fraction of sp³-hybridized carbons (Fsp3) is 0.857. The molecule has 1 aliphatic rings. The van der Waals surface area contributed by atoms with Gasteiger partial charge in [0.2, 0.25) is 0 Å². The molecule has 0 bridgehead atoms. The molecule has 1 rings (SSSR count). The standard InChI is InChI=1S/C7H13NO2/c1-8(10-7-9)5-3-2-4-6-8/h2-6H2,1H3/q+1. The van der Waals surface area contributed by atoms with E-state index in [1.54, 1.807) is 0 Å². The first-order valence-electron chi connectivity index (χ1n) is 3.67. The zero-order chi connectivity index (χ0) is 7.45. The predicted molar refractivity (Wildman–Crippen MR) is 36.5 cm³/mol. The summed E-state index contributed by atoms with van der Waals surface area (Å²) >= 11 is 0. The topological polar surface area (TPSA) is 26.3 Å². The summed E-state index contributed by atoms with van der Waals surface area (Å²) in [5.41, 5.74) is 0. The molecule has 0 saturated carbocycles. The van der Waals surface area contributed by atoms with Crippen molar-refractivity contribution >= 4 is 6.47 Å². The molecule has 1 fully saturated rings.